The average molecular weight is 601 g/mol. The molecule has 222 valence electrons. The van der Waals surface area contributed by atoms with Gasteiger partial charge in [0, 0.05) is 34.1 Å². The maximum atomic E-state index is 2.38. The summed E-state index contributed by atoms with van der Waals surface area (Å²) in [5.74, 6) is 0. The molecule has 0 unspecified atom stereocenters. The van der Waals surface area contributed by atoms with Crippen LogP contribution in [0, 0.1) is 6.92 Å². The lowest BCUT2D eigenvalue weighted by atomic mass is 9.78. The second-order valence-electron chi connectivity index (χ2n) is 12.3. The van der Waals surface area contributed by atoms with E-state index < -0.39 is 0 Å². The Hall–Kier alpha value is -6.12. The molecule has 8 aromatic carbocycles. The summed E-state index contributed by atoms with van der Waals surface area (Å²) < 4.78 is 0. The van der Waals surface area contributed by atoms with Gasteiger partial charge in [-0.25, -0.2) is 0 Å². The Morgan fingerprint density at radius 2 is 0.681 bits per heavy atom. The van der Waals surface area contributed by atoms with Crippen LogP contribution in [-0.4, -0.2) is 0 Å². The predicted molar refractivity (Wildman–Crippen MR) is 200 cm³/mol. The predicted octanol–water partition coefficient (Wildman–Crippen LogP) is 12.9. The Morgan fingerprint density at radius 3 is 1.15 bits per heavy atom. The fourth-order valence-electron chi connectivity index (χ4n) is 7.10. The molecule has 0 saturated heterocycles. The molecule has 0 N–H and O–H groups in total. The van der Waals surface area contributed by atoms with E-state index in [1.807, 2.05) is 0 Å². The highest BCUT2D eigenvalue weighted by molar-refractivity contribution is 6.12. The summed E-state index contributed by atoms with van der Waals surface area (Å²) in [6, 6.07) is 63.6. The van der Waals surface area contributed by atoms with Crippen molar-refractivity contribution >= 4 is 55.7 Å². The van der Waals surface area contributed by atoms with E-state index in [-0.39, 0.29) is 0 Å². The molecule has 47 heavy (non-hydrogen) atoms. The minimum Gasteiger partial charge on any atom is -0.310 e. The number of benzene rings is 8. The number of rotatable bonds is 6. The van der Waals surface area contributed by atoms with E-state index in [1.54, 1.807) is 0 Å². The van der Waals surface area contributed by atoms with Crippen molar-refractivity contribution in [1.82, 2.24) is 0 Å². The first-order valence-electron chi connectivity index (χ1n) is 16.2. The zero-order chi connectivity index (χ0) is 31.3. The van der Waals surface area contributed by atoms with Gasteiger partial charge in [0.25, 0.3) is 0 Å². The molecule has 0 fully saturated rings. The molecule has 2 heteroatoms. The van der Waals surface area contributed by atoms with Crippen LogP contribution < -0.4 is 9.80 Å². The SMILES string of the molecule is Cc1ccccc1N(c1ccccc1)c1ccc2cc3c(cc2c1)-c1cc2cc(N(c4ccccc4)c4ccccc4)ccc2cc1-3. The standard InChI is InChI=1S/C45H32N2/c1-31-13-11-12-20-45(31)47(38-18-9-4-10-19-38)40-24-22-33-28-42-41-27-32-21-23-39(25-34(32)29-43(41)44(42)30-35(33)26-40)46(36-14-5-2-6-15-36)37-16-7-3-8-17-37/h2-30H,1H3. The third-order valence-corrected chi connectivity index (χ3v) is 9.42. The van der Waals surface area contributed by atoms with Crippen LogP contribution in [0.25, 0.3) is 43.8 Å². The molecule has 1 aliphatic rings. The normalized spacial score (nSPS) is 11.5. The Balaban J connectivity index is 1.13. The Labute approximate surface area is 275 Å². The van der Waals surface area contributed by atoms with E-state index in [1.165, 1.54) is 55.0 Å². The van der Waals surface area contributed by atoms with Crippen molar-refractivity contribution in [3.05, 3.63) is 181 Å². The molecule has 0 amide bonds. The number of anilines is 6. The summed E-state index contributed by atoms with van der Waals surface area (Å²) in [5, 5.41) is 5.00. The van der Waals surface area contributed by atoms with Gasteiger partial charge in [-0.3, -0.25) is 0 Å². The van der Waals surface area contributed by atoms with Crippen LogP contribution in [0.3, 0.4) is 0 Å². The van der Waals surface area contributed by atoms with Crippen molar-refractivity contribution in [2.75, 3.05) is 9.80 Å². The van der Waals surface area contributed by atoms with Crippen LogP contribution in [0.4, 0.5) is 34.1 Å². The van der Waals surface area contributed by atoms with Gasteiger partial charge in [0.05, 0.1) is 0 Å². The van der Waals surface area contributed by atoms with Crippen LogP contribution in [0.2, 0.25) is 0 Å². The first kappa shape index (κ1) is 27.2. The number of aryl methyl sites for hydroxylation is 1. The first-order chi connectivity index (χ1) is 23.2. The molecule has 0 saturated carbocycles. The highest BCUT2D eigenvalue weighted by Crippen LogP contribution is 2.51. The number of hydrogen-bond acceptors (Lipinski definition) is 2. The van der Waals surface area contributed by atoms with Crippen LogP contribution in [0.5, 0.6) is 0 Å². The monoisotopic (exact) mass is 600 g/mol. The Kier molecular flexibility index (Phi) is 6.39. The maximum absolute atomic E-state index is 2.38. The molecular formula is C45H32N2. The number of para-hydroxylation sites is 4. The molecule has 9 rings (SSSR count). The van der Waals surface area contributed by atoms with Crippen LogP contribution >= 0.6 is 0 Å². The highest BCUT2D eigenvalue weighted by atomic mass is 15.1. The Bertz CT molecular complexity index is 2370. The first-order valence-corrected chi connectivity index (χ1v) is 16.2. The lowest BCUT2D eigenvalue weighted by molar-refractivity contribution is 1.25. The van der Waals surface area contributed by atoms with Crippen LogP contribution in [-0.2, 0) is 0 Å². The number of nitrogens with zero attached hydrogens (tertiary/aromatic N) is 2. The minimum absolute atomic E-state index is 1.14. The second-order valence-corrected chi connectivity index (χ2v) is 12.3. The molecule has 8 aromatic rings. The Morgan fingerprint density at radius 1 is 0.298 bits per heavy atom. The molecule has 1 aliphatic carbocycles. The molecular weight excluding hydrogens is 569 g/mol. The van der Waals surface area contributed by atoms with Crippen molar-refractivity contribution in [1.29, 1.82) is 0 Å². The third-order valence-electron chi connectivity index (χ3n) is 9.42. The molecule has 0 atom stereocenters. The summed E-state index contributed by atoms with van der Waals surface area (Å²) in [6.07, 6.45) is 0. The molecule has 0 aliphatic heterocycles. The quantitative estimate of drug-likeness (QED) is 0.187. The fourth-order valence-corrected chi connectivity index (χ4v) is 7.10. The van der Waals surface area contributed by atoms with Crippen LogP contribution in [0.15, 0.2) is 176 Å². The molecule has 0 radical (unpaired) electrons. The van der Waals surface area contributed by atoms with E-state index in [0.29, 0.717) is 0 Å². The van der Waals surface area contributed by atoms with Gasteiger partial charge in [-0.05, 0) is 147 Å². The third kappa shape index (κ3) is 4.65. The van der Waals surface area contributed by atoms with Crippen molar-refractivity contribution in [3.63, 3.8) is 0 Å². The molecule has 0 heterocycles. The van der Waals surface area contributed by atoms with Gasteiger partial charge in [-0.1, -0.05) is 84.9 Å². The summed E-state index contributed by atoms with van der Waals surface area (Å²) in [4.78, 5) is 4.69. The number of hydrogen-bond donors (Lipinski definition) is 0. The van der Waals surface area contributed by atoms with Gasteiger partial charge in [0.15, 0.2) is 0 Å². The van der Waals surface area contributed by atoms with E-state index in [2.05, 4.69) is 193 Å². The minimum atomic E-state index is 1.14. The van der Waals surface area contributed by atoms with Crippen LogP contribution in [0.1, 0.15) is 5.56 Å². The molecule has 0 spiro atoms. The van der Waals surface area contributed by atoms with Gasteiger partial charge < -0.3 is 9.80 Å². The van der Waals surface area contributed by atoms with Crippen molar-refractivity contribution < 1.29 is 0 Å². The smallest absolute Gasteiger partial charge is 0.0490 e. The van der Waals surface area contributed by atoms with Gasteiger partial charge in [-0.2, -0.15) is 0 Å². The topological polar surface area (TPSA) is 6.48 Å². The zero-order valence-corrected chi connectivity index (χ0v) is 26.1. The van der Waals surface area contributed by atoms with Crippen molar-refractivity contribution in [2.24, 2.45) is 0 Å². The van der Waals surface area contributed by atoms with Gasteiger partial charge >= 0.3 is 0 Å². The summed E-state index contributed by atoms with van der Waals surface area (Å²) in [5.41, 5.74) is 13.5. The summed E-state index contributed by atoms with van der Waals surface area (Å²) >= 11 is 0. The van der Waals surface area contributed by atoms with E-state index >= 15 is 0 Å². The van der Waals surface area contributed by atoms with E-state index in [4.69, 9.17) is 0 Å². The van der Waals surface area contributed by atoms with Gasteiger partial charge in [-0.15, -0.1) is 0 Å². The van der Waals surface area contributed by atoms with Crippen molar-refractivity contribution in [3.8, 4) is 22.3 Å². The molecule has 2 nitrogen and oxygen atoms in total. The molecule has 0 bridgehead atoms. The number of fused-ring (bicyclic) bond motifs is 6. The van der Waals surface area contributed by atoms with Gasteiger partial charge in [0.1, 0.15) is 0 Å². The van der Waals surface area contributed by atoms with E-state index in [9.17, 15) is 0 Å². The lowest BCUT2D eigenvalue weighted by Gasteiger charge is -2.29. The molecule has 0 aromatic heterocycles. The highest BCUT2D eigenvalue weighted by Gasteiger charge is 2.25. The fraction of sp³-hybridized carbons (Fsp3) is 0.0222. The average Bonchev–Trinajstić information content (AvgIpc) is 3.12. The van der Waals surface area contributed by atoms with E-state index in [0.717, 1.165) is 28.4 Å². The summed E-state index contributed by atoms with van der Waals surface area (Å²) in [7, 11) is 0. The van der Waals surface area contributed by atoms with Crippen molar-refractivity contribution in [2.45, 2.75) is 6.92 Å². The lowest BCUT2D eigenvalue weighted by Crippen LogP contribution is -2.11. The second kappa shape index (κ2) is 11.0. The zero-order valence-electron chi connectivity index (χ0n) is 26.1. The largest absolute Gasteiger partial charge is 0.310 e. The maximum Gasteiger partial charge on any atom is 0.0490 e. The van der Waals surface area contributed by atoms with Gasteiger partial charge in [0.2, 0.25) is 0 Å². The summed E-state index contributed by atoms with van der Waals surface area (Å²) in [6.45, 7) is 2.18.